The first-order valence-corrected chi connectivity index (χ1v) is 10.7. The van der Waals surface area contributed by atoms with E-state index in [1.54, 1.807) is 0 Å². The molecule has 0 amide bonds. The van der Waals surface area contributed by atoms with Gasteiger partial charge in [-0.2, -0.15) is 0 Å². The fourth-order valence-corrected chi connectivity index (χ4v) is 3.98. The van der Waals surface area contributed by atoms with Crippen molar-refractivity contribution in [3.8, 4) is 11.1 Å². The summed E-state index contributed by atoms with van der Waals surface area (Å²) in [6.07, 6.45) is 2.41. The minimum Gasteiger partial charge on any atom is -0.114 e. The molecule has 0 spiro atoms. The number of benzene rings is 4. The summed E-state index contributed by atoms with van der Waals surface area (Å²) >= 11 is 0. The van der Waals surface area contributed by atoms with Crippen LogP contribution in [-0.4, -0.2) is 0 Å². The molecule has 0 bridgehead atoms. The maximum atomic E-state index is 2.21. The Morgan fingerprint density at radius 2 is 0.679 bits per heavy atom. The zero-order valence-electron chi connectivity index (χ0n) is 15.9. The molecule has 4 aromatic rings. The Hall–Kier alpha value is -2.21. The largest absolute Gasteiger partial charge is 0.114 e. The molecule has 2 heteroatoms. The van der Waals surface area contributed by atoms with Crippen LogP contribution in [0.1, 0.15) is 11.1 Å². The van der Waals surface area contributed by atoms with Crippen molar-refractivity contribution in [3.05, 3.63) is 132 Å². The minimum absolute atomic E-state index is 0. The predicted molar refractivity (Wildman–Crippen MR) is 131 cm³/mol. The van der Waals surface area contributed by atoms with Crippen molar-refractivity contribution in [1.82, 2.24) is 0 Å². The number of hydrogen-bond acceptors (Lipinski definition) is 0. The second kappa shape index (κ2) is 13.0. The van der Waals surface area contributed by atoms with Crippen LogP contribution in [0.2, 0.25) is 0 Å². The van der Waals surface area contributed by atoms with Crippen molar-refractivity contribution in [2.75, 3.05) is 0 Å². The highest BCUT2D eigenvalue weighted by Crippen LogP contribution is 2.23. The molecule has 0 aliphatic rings. The lowest BCUT2D eigenvalue weighted by Crippen LogP contribution is -1.80. The van der Waals surface area contributed by atoms with Gasteiger partial charge < -0.3 is 0 Å². The van der Waals surface area contributed by atoms with Crippen LogP contribution < -0.4 is 0 Å². The SMILES string of the molecule is Br.c1ccc(-c2ccccc2)cc1.c1ccc(CPCc2ccccc2)cc1. The quantitative estimate of drug-likeness (QED) is 0.271. The zero-order chi connectivity index (χ0) is 18.6. The predicted octanol–water partition coefficient (Wildman–Crippen LogP) is 8.00. The fourth-order valence-electron chi connectivity index (χ4n) is 2.80. The summed E-state index contributed by atoms with van der Waals surface area (Å²) in [5, 5.41) is 0. The van der Waals surface area contributed by atoms with Crippen LogP contribution in [-0.2, 0) is 12.3 Å². The van der Waals surface area contributed by atoms with Crippen molar-refractivity contribution < 1.29 is 0 Å². The van der Waals surface area contributed by atoms with Crippen molar-refractivity contribution >= 4 is 25.6 Å². The molecule has 0 radical (unpaired) electrons. The van der Waals surface area contributed by atoms with Gasteiger partial charge in [-0.3, -0.25) is 0 Å². The Labute approximate surface area is 181 Å². The van der Waals surface area contributed by atoms with Gasteiger partial charge in [0.2, 0.25) is 0 Å². The Morgan fingerprint density at radius 3 is 1.00 bits per heavy atom. The minimum atomic E-state index is 0. The molecular formula is C26H26BrP. The first kappa shape index (κ1) is 22.1. The molecule has 0 aromatic heterocycles. The van der Waals surface area contributed by atoms with Gasteiger partial charge in [0.1, 0.15) is 0 Å². The van der Waals surface area contributed by atoms with Crippen LogP contribution in [0, 0.1) is 0 Å². The van der Waals surface area contributed by atoms with Gasteiger partial charge in [-0.1, -0.05) is 121 Å². The molecule has 0 unspecified atom stereocenters. The molecule has 0 N–H and O–H groups in total. The Bertz CT molecular complexity index is 801. The molecule has 0 aliphatic carbocycles. The van der Waals surface area contributed by atoms with E-state index in [-0.39, 0.29) is 17.0 Å². The van der Waals surface area contributed by atoms with Crippen molar-refractivity contribution in [1.29, 1.82) is 0 Å². The topological polar surface area (TPSA) is 0 Å². The highest BCUT2D eigenvalue weighted by Gasteiger charge is 1.93. The lowest BCUT2D eigenvalue weighted by Gasteiger charge is -2.02. The number of rotatable bonds is 5. The van der Waals surface area contributed by atoms with Gasteiger partial charge in [-0.25, -0.2) is 0 Å². The third kappa shape index (κ3) is 7.80. The molecule has 4 aromatic carbocycles. The van der Waals surface area contributed by atoms with E-state index in [1.807, 2.05) is 12.1 Å². The van der Waals surface area contributed by atoms with E-state index in [2.05, 4.69) is 109 Å². The molecule has 0 nitrogen and oxygen atoms in total. The zero-order valence-corrected chi connectivity index (χ0v) is 18.6. The number of halogens is 1. The van der Waals surface area contributed by atoms with Gasteiger partial charge in [0, 0.05) is 0 Å². The summed E-state index contributed by atoms with van der Waals surface area (Å²) in [6.45, 7) is 0. The lowest BCUT2D eigenvalue weighted by atomic mass is 10.1. The van der Waals surface area contributed by atoms with Crippen LogP contribution in [0.5, 0.6) is 0 Å². The van der Waals surface area contributed by atoms with Gasteiger partial charge in [-0.15, -0.1) is 25.6 Å². The molecule has 0 atom stereocenters. The van der Waals surface area contributed by atoms with E-state index in [9.17, 15) is 0 Å². The molecule has 0 fully saturated rings. The highest BCUT2D eigenvalue weighted by atomic mass is 79.9. The van der Waals surface area contributed by atoms with Crippen molar-refractivity contribution in [3.63, 3.8) is 0 Å². The lowest BCUT2D eigenvalue weighted by molar-refractivity contribution is 1.35. The van der Waals surface area contributed by atoms with E-state index in [0.29, 0.717) is 0 Å². The highest BCUT2D eigenvalue weighted by molar-refractivity contribution is 8.93. The van der Waals surface area contributed by atoms with Gasteiger partial charge in [0.15, 0.2) is 0 Å². The first-order chi connectivity index (χ1) is 13.4. The standard InChI is InChI=1S/C14H15P.C12H10.BrH/c1-3-7-13(8-4-1)11-15-12-14-9-5-2-6-10-14;1-3-7-11(8-4-1)12-9-5-2-6-10-12;/h1-10,15H,11-12H2;1-10H;1H. The maximum Gasteiger partial charge on any atom is -0.00976 e. The van der Waals surface area contributed by atoms with Crippen LogP contribution in [0.4, 0.5) is 0 Å². The number of hydrogen-bond donors (Lipinski definition) is 0. The molecule has 0 saturated heterocycles. The maximum absolute atomic E-state index is 2.21. The summed E-state index contributed by atoms with van der Waals surface area (Å²) in [7, 11) is 0.987. The van der Waals surface area contributed by atoms with Crippen molar-refractivity contribution in [2.24, 2.45) is 0 Å². The fraction of sp³-hybridized carbons (Fsp3) is 0.0769. The molecule has 28 heavy (non-hydrogen) atoms. The van der Waals surface area contributed by atoms with Gasteiger partial charge in [0.05, 0.1) is 0 Å². The third-order valence-electron chi connectivity index (χ3n) is 4.22. The molecule has 0 aliphatic heterocycles. The monoisotopic (exact) mass is 448 g/mol. The normalized spacial score (nSPS) is 9.57. The Kier molecular flexibility index (Phi) is 10.3. The van der Waals surface area contributed by atoms with Crippen LogP contribution in [0.25, 0.3) is 11.1 Å². The molecule has 142 valence electrons. The van der Waals surface area contributed by atoms with Gasteiger partial charge in [-0.05, 0) is 34.6 Å². The van der Waals surface area contributed by atoms with E-state index in [4.69, 9.17) is 0 Å². The first-order valence-electron chi connectivity index (χ1n) is 9.31. The van der Waals surface area contributed by atoms with Gasteiger partial charge in [0.25, 0.3) is 0 Å². The summed E-state index contributed by atoms with van der Waals surface area (Å²) < 4.78 is 0. The smallest absolute Gasteiger partial charge is 0.00976 e. The Morgan fingerprint density at radius 1 is 0.393 bits per heavy atom. The molecule has 0 saturated carbocycles. The van der Waals surface area contributed by atoms with Crippen molar-refractivity contribution in [2.45, 2.75) is 12.3 Å². The van der Waals surface area contributed by atoms with Gasteiger partial charge >= 0.3 is 0 Å². The summed E-state index contributed by atoms with van der Waals surface area (Å²) in [4.78, 5) is 0. The second-order valence-electron chi connectivity index (χ2n) is 6.31. The average Bonchev–Trinajstić information content (AvgIpc) is 2.77. The van der Waals surface area contributed by atoms with E-state index >= 15 is 0 Å². The molecule has 0 heterocycles. The van der Waals surface area contributed by atoms with E-state index in [0.717, 1.165) is 8.58 Å². The third-order valence-corrected chi connectivity index (χ3v) is 5.54. The summed E-state index contributed by atoms with van der Waals surface area (Å²) in [5.74, 6) is 0. The van der Waals surface area contributed by atoms with Crippen LogP contribution in [0.15, 0.2) is 121 Å². The summed E-state index contributed by atoms with van der Waals surface area (Å²) in [6, 6.07) is 42.2. The van der Waals surface area contributed by atoms with Crippen LogP contribution >= 0.6 is 25.6 Å². The van der Waals surface area contributed by atoms with Crippen LogP contribution in [0.3, 0.4) is 0 Å². The average molecular weight is 449 g/mol. The van der Waals surface area contributed by atoms with E-state index in [1.165, 1.54) is 34.6 Å². The van der Waals surface area contributed by atoms with E-state index < -0.39 is 0 Å². The molecule has 4 rings (SSSR count). The summed E-state index contributed by atoms with van der Waals surface area (Å²) in [5.41, 5.74) is 5.45. The second-order valence-corrected chi connectivity index (χ2v) is 7.51. The Balaban J connectivity index is 0.000000198. The molecular weight excluding hydrogens is 423 g/mol.